The number of carboxylic acid groups (broad SMARTS) is 1. The molecule has 0 fully saturated rings. The molecule has 0 bridgehead atoms. The molecule has 0 aromatic heterocycles. The Balaban J connectivity index is 3.43. The van der Waals surface area contributed by atoms with Crippen molar-refractivity contribution in [1.82, 2.24) is 0 Å². The Morgan fingerprint density at radius 2 is 1.93 bits per heavy atom. The Bertz CT molecular complexity index is 410. The number of hydrogen-bond donors (Lipinski definition) is 1. The van der Waals surface area contributed by atoms with E-state index in [-0.39, 0.29) is 11.3 Å². The van der Waals surface area contributed by atoms with E-state index < -0.39 is 5.97 Å². The fraction of sp³-hybridized carbons (Fsp3) is 0.200. The fourth-order valence-electron chi connectivity index (χ4n) is 1.10. The number of ketones is 1. The van der Waals surface area contributed by atoms with Gasteiger partial charge in [-0.25, -0.2) is 4.79 Å². The van der Waals surface area contributed by atoms with Crippen molar-refractivity contribution in [3.63, 3.8) is 0 Å². The van der Waals surface area contributed by atoms with Crippen molar-refractivity contribution in [2.75, 3.05) is 0 Å². The number of hydrogen-bond acceptors (Lipinski definition) is 2. The smallest absolute Gasteiger partial charge is 0.336 e. The SMILES string of the molecule is CC(=O)c1cc(Br)c(C)c(C(=O)O)c1. The number of benzene rings is 1. The van der Waals surface area contributed by atoms with Crippen molar-refractivity contribution < 1.29 is 14.7 Å². The summed E-state index contributed by atoms with van der Waals surface area (Å²) in [5.74, 6) is -1.17. The number of halogens is 1. The lowest BCUT2D eigenvalue weighted by Crippen LogP contribution is -2.03. The lowest BCUT2D eigenvalue weighted by Gasteiger charge is -2.05. The summed E-state index contributed by atoms with van der Waals surface area (Å²) in [5.41, 5.74) is 1.19. The van der Waals surface area contributed by atoms with E-state index in [4.69, 9.17) is 5.11 Å². The van der Waals surface area contributed by atoms with Gasteiger partial charge in [0.1, 0.15) is 0 Å². The number of carboxylic acids is 1. The molecule has 0 aliphatic rings. The highest BCUT2D eigenvalue weighted by Gasteiger charge is 2.13. The molecule has 0 saturated heterocycles. The largest absolute Gasteiger partial charge is 0.478 e. The monoisotopic (exact) mass is 256 g/mol. The Morgan fingerprint density at radius 3 is 2.36 bits per heavy atom. The quantitative estimate of drug-likeness (QED) is 0.828. The predicted molar refractivity (Wildman–Crippen MR) is 55.8 cm³/mol. The summed E-state index contributed by atoms with van der Waals surface area (Å²) in [6.45, 7) is 3.10. The summed E-state index contributed by atoms with van der Waals surface area (Å²) in [5, 5.41) is 8.86. The highest BCUT2D eigenvalue weighted by molar-refractivity contribution is 9.10. The topological polar surface area (TPSA) is 54.4 Å². The molecule has 0 spiro atoms. The average Bonchev–Trinajstić information content (AvgIpc) is 2.08. The zero-order valence-corrected chi connectivity index (χ0v) is 9.38. The number of rotatable bonds is 2. The van der Waals surface area contributed by atoms with Gasteiger partial charge in [-0.2, -0.15) is 0 Å². The van der Waals surface area contributed by atoms with E-state index in [9.17, 15) is 9.59 Å². The van der Waals surface area contributed by atoms with Crippen LogP contribution in [-0.2, 0) is 0 Å². The van der Waals surface area contributed by atoms with Crippen LogP contribution < -0.4 is 0 Å². The maximum atomic E-state index is 11.1. The van der Waals surface area contributed by atoms with Crippen LogP contribution in [-0.4, -0.2) is 16.9 Å². The first-order valence-corrected chi connectivity index (χ1v) is 4.77. The van der Waals surface area contributed by atoms with Crippen molar-refractivity contribution in [2.45, 2.75) is 13.8 Å². The van der Waals surface area contributed by atoms with Gasteiger partial charge in [0, 0.05) is 10.0 Å². The van der Waals surface area contributed by atoms with Crippen LogP contribution in [0.1, 0.15) is 33.2 Å². The minimum atomic E-state index is -1.02. The molecule has 0 radical (unpaired) electrons. The van der Waals surface area contributed by atoms with Crippen LogP contribution in [0.3, 0.4) is 0 Å². The van der Waals surface area contributed by atoms with Crippen molar-refractivity contribution in [3.05, 3.63) is 33.3 Å². The van der Waals surface area contributed by atoms with E-state index in [1.165, 1.54) is 13.0 Å². The number of Topliss-reactive ketones (excluding diaryl/α,β-unsaturated/α-hetero) is 1. The van der Waals surface area contributed by atoms with Gasteiger partial charge in [0.2, 0.25) is 0 Å². The normalized spacial score (nSPS) is 9.93. The third-order valence-corrected chi connectivity index (χ3v) is 2.80. The lowest BCUT2D eigenvalue weighted by atomic mass is 10.0. The Kier molecular flexibility index (Phi) is 3.06. The molecule has 0 aliphatic heterocycles. The molecule has 1 rings (SSSR count). The molecule has 4 heteroatoms. The van der Waals surface area contributed by atoms with Gasteiger partial charge >= 0.3 is 5.97 Å². The second kappa shape index (κ2) is 3.92. The van der Waals surface area contributed by atoms with Crippen LogP contribution in [0.15, 0.2) is 16.6 Å². The predicted octanol–water partition coefficient (Wildman–Crippen LogP) is 2.66. The van der Waals surface area contributed by atoms with Crippen LogP contribution in [0.25, 0.3) is 0 Å². The second-order valence-corrected chi connectivity index (χ2v) is 3.85. The highest BCUT2D eigenvalue weighted by atomic mass is 79.9. The Hall–Kier alpha value is -1.16. The van der Waals surface area contributed by atoms with E-state index in [0.29, 0.717) is 15.6 Å². The second-order valence-electron chi connectivity index (χ2n) is 2.99. The lowest BCUT2D eigenvalue weighted by molar-refractivity contribution is 0.0696. The zero-order valence-electron chi connectivity index (χ0n) is 7.80. The molecule has 0 saturated carbocycles. The van der Waals surface area contributed by atoms with Gasteiger partial charge in [0.15, 0.2) is 5.78 Å². The molecule has 1 N–H and O–H groups in total. The Labute approximate surface area is 89.9 Å². The molecule has 14 heavy (non-hydrogen) atoms. The van der Waals surface area contributed by atoms with E-state index in [0.717, 1.165) is 0 Å². The molecule has 0 atom stereocenters. The van der Waals surface area contributed by atoms with Gasteiger partial charge in [0.05, 0.1) is 5.56 Å². The molecule has 1 aromatic rings. The summed E-state index contributed by atoms with van der Waals surface area (Å²) in [6, 6.07) is 3.02. The molecular formula is C10H9BrO3. The minimum Gasteiger partial charge on any atom is -0.478 e. The molecule has 0 amide bonds. The van der Waals surface area contributed by atoms with E-state index >= 15 is 0 Å². The van der Waals surface area contributed by atoms with Gasteiger partial charge in [0.25, 0.3) is 0 Å². The van der Waals surface area contributed by atoms with Gasteiger partial charge in [-0.1, -0.05) is 15.9 Å². The standard InChI is InChI=1S/C10H9BrO3/c1-5-8(10(13)14)3-7(6(2)12)4-9(5)11/h3-4H,1-2H3,(H,13,14). The molecule has 3 nitrogen and oxygen atoms in total. The third kappa shape index (κ3) is 2.01. The molecule has 0 aliphatic carbocycles. The fourth-order valence-corrected chi connectivity index (χ4v) is 1.56. The summed E-state index contributed by atoms with van der Waals surface area (Å²) >= 11 is 3.22. The van der Waals surface area contributed by atoms with Crippen molar-refractivity contribution >= 4 is 27.7 Å². The van der Waals surface area contributed by atoms with Crippen LogP contribution in [0.2, 0.25) is 0 Å². The molecular weight excluding hydrogens is 248 g/mol. The van der Waals surface area contributed by atoms with E-state index in [2.05, 4.69) is 15.9 Å². The van der Waals surface area contributed by atoms with Gasteiger partial charge in [-0.15, -0.1) is 0 Å². The average molecular weight is 257 g/mol. The molecule has 74 valence electrons. The number of carbonyl (C=O) groups excluding carboxylic acids is 1. The number of carbonyl (C=O) groups is 2. The van der Waals surface area contributed by atoms with Crippen LogP contribution >= 0.6 is 15.9 Å². The summed E-state index contributed by atoms with van der Waals surface area (Å²) in [6.07, 6.45) is 0. The maximum absolute atomic E-state index is 11.1. The first-order valence-electron chi connectivity index (χ1n) is 3.98. The van der Waals surface area contributed by atoms with E-state index in [1.54, 1.807) is 13.0 Å². The van der Waals surface area contributed by atoms with E-state index in [1.807, 2.05) is 0 Å². The van der Waals surface area contributed by atoms with Gasteiger partial charge in [-0.05, 0) is 31.5 Å². The first kappa shape index (κ1) is 10.9. The minimum absolute atomic E-state index is 0.145. The molecule has 0 unspecified atom stereocenters. The van der Waals surface area contributed by atoms with Crippen LogP contribution in [0, 0.1) is 6.92 Å². The zero-order chi connectivity index (χ0) is 10.9. The van der Waals surface area contributed by atoms with Gasteiger partial charge < -0.3 is 5.11 Å². The Morgan fingerprint density at radius 1 is 1.36 bits per heavy atom. The van der Waals surface area contributed by atoms with Crippen molar-refractivity contribution in [2.24, 2.45) is 0 Å². The maximum Gasteiger partial charge on any atom is 0.336 e. The first-order chi connectivity index (χ1) is 6.43. The molecule has 1 aromatic carbocycles. The number of aromatic carboxylic acids is 1. The summed E-state index contributed by atoms with van der Waals surface area (Å²) in [4.78, 5) is 21.9. The summed E-state index contributed by atoms with van der Waals surface area (Å²) < 4.78 is 0.641. The van der Waals surface area contributed by atoms with Gasteiger partial charge in [-0.3, -0.25) is 4.79 Å². The third-order valence-electron chi connectivity index (χ3n) is 1.98. The summed E-state index contributed by atoms with van der Waals surface area (Å²) in [7, 11) is 0. The highest BCUT2D eigenvalue weighted by Crippen LogP contribution is 2.22. The van der Waals surface area contributed by atoms with Crippen LogP contribution in [0.4, 0.5) is 0 Å². The van der Waals surface area contributed by atoms with Crippen LogP contribution in [0.5, 0.6) is 0 Å². The molecule has 0 heterocycles. The van der Waals surface area contributed by atoms with Crippen molar-refractivity contribution in [3.8, 4) is 0 Å². The van der Waals surface area contributed by atoms with Crippen molar-refractivity contribution in [1.29, 1.82) is 0 Å².